The predicted molar refractivity (Wildman–Crippen MR) is 61.6 cm³/mol. The number of hydrogen-bond donors (Lipinski definition) is 2. The molecule has 0 saturated heterocycles. The van der Waals surface area contributed by atoms with Gasteiger partial charge in [0.2, 0.25) is 0 Å². The molecule has 0 spiro atoms. The monoisotopic (exact) mass is 236 g/mol. The number of amides is 1. The van der Waals surface area contributed by atoms with Gasteiger partial charge in [-0.2, -0.15) is 0 Å². The van der Waals surface area contributed by atoms with Crippen LogP contribution in [0.3, 0.4) is 0 Å². The molecule has 0 unspecified atom stereocenters. The molecule has 0 atom stereocenters. The number of methoxy groups -OCH3 is 1. The zero-order chi connectivity index (χ0) is 12.7. The smallest absolute Gasteiger partial charge is 0.407 e. The molecule has 0 aliphatic rings. The molecule has 17 heavy (non-hydrogen) atoms. The van der Waals surface area contributed by atoms with E-state index in [1.165, 1.54) is 13.2 Å². The highest BCUT2D eigenvalue weighted by Gasteiger charge is 2.05. The lowest BCUT2D eigenvalue weighted by molar-refractivity contribution is 0.170. The molecule has 3 N–H and O–H groups in total. The van der Waals surface area contributed by atoms with E-state index in [0.717, 1.165) is 0 Å². The van der Waals surface area contributed by atoms with E-state index in [0.29, 0.717) is 11.1 Å². The topological polar surface area (TPSA) is 64.3 Å². The van der Waals surface area contributed by atoms with Crippen molar-refractivity contribution >= 4 is 6.09 Å². The summed E-state index contributed by atoms with van der Waals surface area (Å²) >= 11 is 0. The van der Waals surface area contributed by atoms with Crippen LogP contribution in [-0.4, -0.2) is 19.7 Å². The van der Waals surface area contributed by atoms with Gasteiger partial charge in [0.1, 0.15) is 5.82 Å². The zero-order valence-electron chi connectivity index (χ0n) is 9.42. The summed E-state index contributed by atoms with van der Waals surface area (Å²) in [6.45, 7) is 0.295. The van der Waals surface area contributed by atoms with Gasteiger partial charge in [0.25, 0.3) is 0 Å². The largest absolute Gasteiger partial charge is 0.453 e. The zero-order valence-corrected chi connectivity index (χ0v) is 9.42. The fourth-order valence-electron chi connectivity index (χ4n) is 1.18. The Kier molecular flexibility index (Phi) is 4.98. The lowest BCUT2D eigenvalue weighted by atomic mass is 10.1. The predicted octanol–water partition coefficient (Wildman–Crippen LogP) is 0.992. The molecule has 0 aromatic heterocycles. The molecule has 0 fully saturated rings. The first-order valence-corrected chi connectivity index (χ1v) is 4.96. The number of halogens is 1. The Bertz CT molecular complexity index is 463. The van der Waals surface area contributed by atoms with Crippen LogP contribution < -0.4 is 11.1 Å². The van der Waals surface area contributed by atoms with Crippen molar-refractivity contribution in [1.29, 1.82) is 0 Å². The van der Waals surface area contributed by atoms with Gasteiger partial charge in [-0.05, 0) is 18.2 Å². The molecule has 4 nitrogen and oxygen atoms in total. The van der Waals surface area contributed by atoms with Gasteiger partial charge in [-0.1, -0.05) is 11.8 Å². The van der Waals surface area contributed by atoms with Gasteiger partial charge in [0, 0.05) is 17.7 Å². The summed E-state index contributed by atoms with van der Waals surface area (Å²) in [6, 6.07) is 4.42. The Hall–Kier alpha value is -2.06. The van der Waals surface area contributed by atoms with Gasteiger partial charge in [-0.3, -0.25) is 0 Å². The van der Waals surface area contributed by atoms with Crippen molar-refractivity contribution in [2.45, 2.75) is 6.54 Å². The molecule has 0 radical (unpaired) electrons. The molecule has 0 aliphatic heterocycles. The van der Waals surface area contributed by atoms with Gasteiger partial charge < -0.3 is 15.8 Å². The molecule has 0 heterocycles. The van der Waals surface area contributed by atoms with Crippen molar-refractivity contribution in [3.8, 4) is 11.8 Å². The SMILES string of the molecule is COC(=O)NCc1cc(C#CCN)ccc1F. The Balaban J connectivity index is 2.79. The number of nitrogens with two attached hydrogens (primary N) is 1. The summed E-state index contributed by atoms with van der Waals surface area (Å²) in [5.74, 6) is 5.06. The van der Waals surface area contributed by atoms with Crippen LogP contribution >= 0.6 is 0 Å². The summed E-state index contributed by atoms with van der Waals surface area (Å²) < 4.78 is 17.8. The van der Waals surface area contributed by atoms with Crippen molar-refractivity contribution in [1.82, 2.24) is 5.32 Å². The van der Waals surface area contributed by atoms with Crippen LogP contribution in [0.15, 0.2) is 18.2 Å². The minimum absolute atomic E-state index is 0.0522. The van der Waals surface area contributed by atoms with E-state index < -0.39 is 11.9 Å². The number of carbonyl (C=O) groups excluding carboxylic acids is 1. The van der Waals surface area contributed by atoms with Crippen LogP contribution in [0.25, 0.3) is 0 Å². The highest BCUT2D eigenvalue weighted by Crippen LogP contribution is 2.09. The lowest BCUT2D eigenvalue weighted by Crippen LogP contribution is -2.22. The van der Waals surface area contributed by atoms with Gasteiger partial charge >= 0.3 is 6.09 Å². The highest BCUT2D eigenvalue weighted by molar-refractivity contribution is 5.66. The van der Waals surface area contributed by atoms with Crippen LogP contribution in [0.2, 0.25) is 0 Å². The summed E-state index contributed by atoms with van der Waals surface area (Å²) in [6.07, 6.45) is -0.608. The fraction of sp³-hybridized carbons (Fsp3) is 0.250. The average molecular weight is 236 g/mol. The maximum Gasteiger partial charge on any atom is 0.407 e. The van der Waals surface area contributed by atoms with Gasteiger partial charge in [-0.15, -0.1) is 0 Å². The third-order valence-electron chi connectivity index (χ3n) is 1.99. The number of benzene rings is 1. The second-order valence-electron chi connectivity index (χ2n) is 3.16. The fourth-order valence-corrected chi connectivity index (χ4v) is 1.18. The van der Waals surface area contributed by atoms with Crippen LogP contribution in [0, 0.1) is 17.7 Å². The Morgan fingerprint density at radius 2 is 2.35 bits per heavy atom. The number of nitrogens with one attached hydrogen (secondary N) is 1. The van der Waals surface area contributed by atoms with E-state index in [9.17, 15) is 9.18 Å². The van der Waals surface area contributed by atoms with E-state index in [-0.39, 0.29) is 13.1 Å². The maximum atomic E-state index is 13.4. The molecule has 1 amide bonds. The minimum Gasteiger partial charge on any atom is -0.453 e. The van der Waals surface area contributed by atoms with Crippen LogP contribution in [-0.2, 0) is 11.3 Å². The van der Waals surface area contributed by atoms with E-state index in [1.807, 2.05) is 0 Å². The molecular formula is C12H13FN2O2. The Labute approximate surface area is 99.0 Å². The Morgan fingerprint density at radius 3 is 3.00 bits per heavy atom. The molecule has 90 valence electrons. The van der Waals surface area contributed by atoms with Crippen molar-refractivity contribution in [2.24, 2.45) is 5.73 Å². The summed E-state index contributed by atoms with van der Waals surface area (Å²) in [5, 5.41) is 2.40. The molecule has 0 bridgehead atoms. The second kappa shape index (κ2) is 6.51. The van der Waals surface area contributed by atoms with Crippen molar-refractivity contribution in [2.75, 3.05) is 13.7 Å². The average Bonchev–Trinajstić information content (AvgIpc) is 2.35. The van der Waals surface area contributed by atoms with Crippen LogP contribution in [0.1, 0.15) is 11.1 Å². The van der Waals surface area contributed by atoms with Gasteiger partial charge in [0.15, 0.2) is 0 Å². The van der Waals surface area contributed by atoms with E-state index >= 15 is 0 Å². The summed E-state index contributed by atoms with van der Waals surface area (Å²) in [5.41, 5.74) is 6.24. The normalized spacial score (nSPS) is 9.12. The first kappa shape index (κ1) is 13.0. The molecule has 1 aromatic rings. The molecule has 1 aromatic carbocycles. The Morgan fingerprint density at radius 1 is 1.59 bits per heavy atom. The first-order valence-electron chi connectivity index (χ1n) is 4.96. The molecular weight excluding hydrogens is 223 g/mol. The molecule has 0 aliphatic carbocycles. The third kappa shape index (κ3) is 4.13. The first-order chi connectivity index (χ1) is 8.17. The van der Waals surface area contributed by atoms with Crippen molar-refractivity contribution < 1.29 is 13.9 Å². The minimum atomic E-state index is -0.608. The molecule has 0 saturated carbocycles. The number of rotatable bonds is 2. The molecule has 1 rings (SSSR count). The van der Waals surface area contributed by atoms with E-state index in [4.69, 9.17) is 5.73 Å². The van der Waals surface area contributed by atoms with Gasteiger partial charge in [0.05, 0.1) is 13.7 Å². The standard InChI is InChI=1S/C12H13FN2O2/c1-17-12(16)15-8-10-7-9(3-2-6-14)4-5-11(10)13/h4-5,7H,6,8,14H2,1H3,(H,15,16). The maximum absolute atomic E-state index is 13.4. The highest BCUT2D eigenvalue weighted by atomic mass is 19.1. The quantitative estimate of drug-likeness (QED) is 0.753. The number of carbonyl (C=O) groups is 1. The second-order valence-corrected chi connectivity index (χ2v) is 3.16. The lowest BCUT2D eigenvalue weighted by Gasteiger charge is -2.05. The van der Waals surface area contributed by atoms with E-state index in [2.05, 4.69) is 21.9 Å². The summed E-state index contributed by atoms with van der Waals surface area (Å²) in [4.78, 5) is 10.9. The number of alkyl carbamates (subject to hydrolysis) is 1. The van der Waals surface area contributed by atoms with Crippen LogP contribution in [0.4, 0.5) is 9.18 Å². The number of hydrogen-bond acceptors (Lipinski definition) is 3. The molecule has 5 heteroatoms. The van der Waals surface area contributed by atoms with Crippen LogP contribution in [0.5, 0.6) is 0 Å². The van der Waals surface area contributed by atoms with Crippen molar-refractivity contribution in [3.63, 3.8) is 0 Å². The third-order valence-corrected chi connectivity index (χ3v) is 1.99. The van der Waals surface area contributed by atoms with E-state index in [1.54, 1.807) is 12.1 Å². The van der Waals surface area contributed by atoms with Gasteiger partial charge in [-0.25, -0.2) is 9.18 Å². The number of ether oxygens (including phenoxy) is 1. The van der Waals surface area contributed by atoms with Crippen molar-refractivity contribution in [3.05, 3.63) is 35.1 Å². The summed E-state index contributed by atoms with van der Waals surface area (Å²) in [7, 11) is 1.24.